The number of nitrogens with one attached hydrogen (secondary N) is 1. The van der Waals surface area contributed by atoms with Gasteiger partial charge in [0.15, 0.2) is 17.5 Å². The summed E-state index contributed by atoms with van der Waals surface area (Å²) in [5, 5.41) is 3.37. The molecule has 1 aliphatic rings. The first kappa shape index (κ1) is 15.8. The van der Waals surface area contributed by atoms with Crippen molar-refractivity contribution in [2.75, 3.05) is 20.1 Å². The van der Waals surface area contributed by atoms with Crippen LogP contribution in [0.4, 0.5) is 13.2 Å². The Bertz CT molecular complexity index is 493. The Morgan fingerprint density at radius 1 is 1.29 bits per heavy atom. The van der Waals surface area contributed by atoms with Gasteiger partial charge in [0, 0.05) is 25.2 Å². The molecule has 1 fully saturated rings. The van der Waals surface area contributed by atoms with Crippen LogP contribution < -0.4 is 5.32 Å². The molecule has 1 unspecified atom stereocenters. The molecule has 1 N–H and O–H groups in total. The summed E-state index contributed by atoms with van der Waals surface area (Å²) in [5.41, 5.74) is -0.175. The van der Waals surface area contributed by atoms with Gasteiger partial charge in [-0.15, -0.1) is 0 Å². The number of carbonyl (C=O) groups excluding carboxylic acids is 1. The molecular formula is C15H19F3N2O. The number of nitrogens with zero attached hydrogens (tertiary/aromatic N) is 1. The standard InChI is InChI=1S/C15H19F3N2O/c1-20(7-5-11-4-2-3-6-19-11)15(21)10-8-12(16)14(18)13(17)9-10/h8-9,11,19H,2-7H2,1H3. The summed E-state index contributed by atoms with van der Waals surface area (Å²) in [6.45, 7) is 1.47. The van der Waals surface area contributed by atoms with Crippen LogP contribution in [0, 0.1) is 17.5 Å². The molecule has 1 aromatic carbocycles. The van der Waals surface area contributed by atoms with Gasteiger partial charge in [0.2, 0.25) is 0 Å². The van der Waals surface area contributed by atoms with Crippen molar-refractivity contribution in [2.24, 2.45) is 0 Å². The first-order valence-electron chi connectivity index (χ1n) is 7.12. The van der Waals surface area contributed by atoms with Crippen LogP contribution in [0.3, 0.4) is 0 Å². The molecule has 0 radical (unpaired) electrons. The molecule has 0 bridgehead atoms. The van der Waals surface area contributed by atoms with Crippen molar-refractivity contribution in [2.45, 2.75) is 31.7 Å². The summed E-state index contributed by atoms with van der Waals surface area (Å²) in [6.07, 6.45) is 4.19. The monoisotopic (exact) mass is 300 g/mol. The molecule has 0 aliphatic carbocycles. The van der Waals surface area contributed by atoms with Crippen molar-refractivity contribution in [1.82, 2.24) is 10.2 Å². The highest BCUT2D eigenvalue weighted by molar-refractivity contribution is 5.94. The Balaban J connectivity index is 1.95. The number of halogens is 3. The Hall–Kier alpha value is -1.56. The smallest absolute Gasteiger partial charge is 0.253 e. The van der Waals surface area contributed by atoms with Crippen molar-refractivity contribution >= 4 is 5.91 Å². The molecule has 116 valence electrons. The zero-order valence-electron chi connectivity index (χ0n) is 12.0. The second-order valence-electron chi connectivity index (χ2n) is 5.42. The fraction of sp³-hybridized carbons (Fsp3) is 0.533. The lowest BCUT2D eigenvalue weighted by Gasteiger charge is -2.26. The lowest BCUT2D eigenvalue weighted by atomic mass is 10.0. The Morgan fingerprint density at radius 2 is 1.95 bits per heavy atom. The SMILES string of the molecule is CN(CCC1CCCCN1)C(=O)c1cc(F)c(F)c(F)c1. The van der Waals surface area contributed by atoms with Gasteiger partial charge in [0.1, 0.15) is 0 Å². The van der Waals surface area contributed by atoms with Gasteiger partial charge < -0.3 is 10.2 Å². The molecule has 1 amide bonds. The van der Waals surface area contributed by atoms with Gasteiger partial charge in [-0.3, -0.25) is 4.79 Å². The van der Waals surface area contributed by atoms with Crippen molar-refractivity contribution < 1.29 is 18.0 Å². The fourth-order valence-electron chi connectivity index (χ4n) is 2.52. The maximum Gasteiger partial charge on any atom is 0.253 e. The number of hydrogen-bond acceptors (Lipinski definition) is 2. The molecular weight excluding hydrogens is 281 g/mol. The van der Waals surface area contributed by atoms with E-state index in [0.717, 1.165) is 31.5 Å². The first-order chi connectivity index (χ1) is 9.99. The average Bonchev–Trinajstić information content (AvgIpc) is 2.50. The Labute approximate surface area is 122 Å². The van der Waals surface area contributed by atoms with Crippen molar-refractivity contribution in [3.63, 3.8) is 0 Å². The lowest BCUT2D eigenvalue weighted by molar-refractivity contribution is 0.0787. The third kappa shape index (κ3) is 3.97. The molecule has 1 atom stereocenters. The van der Waals surface area contributed by atoms with Crippen LogP contribution in [0.1, 0.15) is 36.0 Å². The van der Waals surface area contributed by atoms with E-state index in [1.165, 1.54) is 17.7 Å². The van der Waals surface area contributed by atoms with Gasteiger partial charge in [-0.25, -0.2) is 13.2 Å². The van der Waals surface area contributed by atoms with E-state index in [2.05, 4.69) is 5.32 Å². The summed E-state index contributed by atoms with van der Waals surface area (Å²) in [6, 6.07) is 1.84. The first-order valence-corrected chi connectivity index (χ1v) is 7.12. The van der Waals surface area contributed by atoms with Gasteiger partial charge in [-0.05, 0) is 37.9 Å². The fourth-order valence-corrected chi connectivity index (χ4v) is 2.52. The van der Waals surface area contributed by atoms with E-state index in [4.69, 9.17) is 0 Å². The van der Waals surface area contributed by atoms with Crippen LogP contribution in [0.5, 0.6) is 0 Å². The van der Waals surface area contributed by atoms with E-state index in [1.54, 1.807) is 7.05 Å². The summed E-state index contributed by atoms with van der Waals surface area (Å²) >= 11 is 0. The van der Waals surface area contributed by atoms with Crippen LogP contribution in [0.15, 0.2) is 12.1 Å². The number of carbonyl (C=O) groups is 1. The van der Waals surface area contributed by atoms with Gasteiger partial charge in [-0.1, -0.05) is 6.42 Å². The topological polar surface area (TPSA) is 32.3 Å². The summed E-state index contributed by atoms with van der Waals surface area (Å²) in [4.78, 5) is 13.5. The van der Waals surface area contributed by atoms with E-state index in [-0.39, 0.29) is 5.56 Å². The summed E-state index contributed by atoms with van der Waals surface area (Å²) < 4.78 is 39.2. The quantitative estimate of drug-likeness (QED) is 0.867. The van der Waals surface area contributed by atoms with Gasteiger partial charge in [0.05, 0.1) is 0 Å². The van der Waals surface area contributed by atoms with E-state index >= 15 is 0 Å². The molecule has 1 heterocycles. The normalized spacial score (nSPS) is 18.6. The minimum atomic E-state index is -1.55. The second-order valence-corrected chi connectivity index (χ2v) is 5.42. The average molecular weight is 300 g/mol. The third-order valence-corrected chi connectivity index (χ3v) is 3.80. The molecule has 1 saturated heterocycles. The van der Waals surface area contributed by atoms with Crippen molar-refractivity contribution in [3.05, 3.63) is 35.1 Å². The zero-order chi connectivity index (χ0) is 15.4. The number of rotatable bonds is 4. The molecule has 3 nitrogen and oxygen atoms in total. The molecule has 1 aromatic rings. The molecule has 21 heavy (non-hydrogen) atoms. The van der Waals surface area contributed by atoms with Gasteiger partial charge >= 0.3 is 0 Å². The number of hydrogen-bond donors (Lipinski definition) is 1. The zero-order valence-corrected chi connectivity index (χ0v) is 12.0. The highest BCUT2D eigenvalue weighted by Crippen LogP contribution is 2.16. The summed E-state index contributed by atoms with van der Waals surface area (Å²) in [7, 11) is 1.57. The number of piperidine rings is 1. The third-order valence-electron chi connectivity index (χ3n) is 3.80. The minimum Gasteiger partial charge on any atom is -0.342 e. The molecule has 0 spiro atoms. The maximum absolute atomic E-state index is 13.1. The molecule has 0 aromatic heterocycles. The highest BCUT2D eigenvalue weighted by Gasteiger charge is 2.19. The van der Waals surface area contributed by atoms with E-state index in [1.807, 2.05) is 0 Å². The maximum atomic E-state index is 13.1. The van der Waals surface area contributed by atoms with Gasteiger partial charge in [-0.2, -0.15) is 0 Å². The van der Waals surface area contributed by atoms with Crippen LogP contribution in [-0.4, -0.2) is 37.0 Å². The van der Waals surface area contributed by atoms with Crippen LogP contribution >= 0.6 is 0 Å². The largest absolute Gasteiger partial charge is 0.342 e. The summed E-state index contributed by atoms with van der Waals surface area (Å²) in [5.74, 6) is -4.76. The van der Waals surface area contributed by atoms with E-state index in [0.29, 0.717) is 12.6 Å². The van der Waals surface area contributed by atoms with Gasteiger partial charge in [0.25, 0.3) is 5.91 Å². The second kappa shape index (κ2) is 6.93. The van der Waals surface area contributed by atoms with E-state index in [9.17, 15) is 18.0 Å². The molecule has 6 heteroatoms. The predicted octanol–water partition coefficient (Wildman–Crippen LogP) is 2.71. The minimum absolute atomic E-state index is 0.175. The predicted molar refractivity (Wildman–Crippen MR) is 73.5 cm³/mol. The number of benzene rings is 1. The van der Waals surface area contributed by atoms with Crippen LogP contribution in [0.2, 0.25) is 0 Å². The molecule has 2 rings (SSSR count). The van der Waals surface area contributed by atoms with Crippen molar-refractivity contribution in [3.8, 4) is 0 Å². The highest BCUT2D eigenvalue weighted by atomic mass is 19.2. The Kier molecular flexibility index (Phi) is 5.22. The lowest BCUT2D eigenvalue weighted by Crippen LogP contribution is -2.38. The molecule has 1 aliphatic heterocycles. The van der Waals surface area contributed by atoms with Crippen LogP contribution in [0.25, 0.3) is 0 Å². The van der Waals surface area contributed by atoms with E-state index < -0.39 is 23.4 Å². The number of amides is 1. The van der Waals surface area contributed by atoms with Crippen LogP contribution in [-0.2, 0) is 0 Å². The van der Waals surface area contributed by atoms with Crippen molar-refractivity contribution in [1.29, 1.82) is 0 Å². The molecule has 0 saturated carbocycles. The Morgan fingerprint density at radius 3 is 2.52 bits per heavy atom.